The van der Waals surface area contributed by atoms with Gasteiger partial charge < -0.3 is 0 Å². The Morgan fingerprint density at radius 3 is 2.14 bits per heavy atom. The molecule has 0 bridgehead atoms. The molecule has 0 aromatic heterocycles. The molecule has 0 rings (SSSR count). The van der Waals surface area contributed by atoms with Gasteiger partial charge in [-0.25, -0.2) is 0 Å². The average molecular weight is 293 g/mol. The molecule has 0 amide bonds. The molecule has 0 aliphatic rings. The molecule has 7 heavy (non-hydrogen) atoms. The summed E-state index contributed by atoms with van der Waals surface area (Å²) in [6.45, 7) is 0. The van der Waals surface area contributed by atoms with E-state index in [1.165, 1.54) is 4.48 Å². The van der Waals surface area contributed by atoms with E-state index in [1.54, 1.807) is 0 Å². The Hall–Kier alpha value is 1.18. The highest BCUT2D eigenvalue weighted by molar-refractivity contribution is 9.13. The number of hydrogen-bond acceptors (Lipinski definition) is 0. The molecule has 0 heterocycles. The second kappa shape index (κ2) is 5.32. The summed E-state index contributed by atoms with van der Waals surface area (Å²) in [6, 6.07) is 0. The van der Waals surface area contributed by atoms with Crippen molar-refractivity contribution in [1.29, 1.82) is 0 Å². The molecule has 0 fully saturated rings. The summed E-state index contributed by atoms with van der Waals surface area (Å²) in [5.41, 5.74) is 0. The molecular weight excluding hydrogens is 288 g/mol. The average Bonchev–Trinajstić information content (AvgIpc) is 1.68. The Morgan fingerprint density at radius 1 is 1.43 bits per heavy atom. The monoisotopic (exact) mass is 290 g/mol. The Bertz CT molecular complexity index is 67.3. The minimum absolute atomic E-state index is 0.901. The minimum atomic E-state index is 0.901. The van der Waals surface area contributed by atoms with Crippen molar-refractivity contribution in [2.24, 2.45) is 0 Å². The highest BCUT2D eigenvalue weighted by Crippen LogP contribution is 2.07. The number of allylic oxidation sites excluding steroid dienone is 2. The number of alkyl halides is 2. The number of halogens is 3. The SMILES string of the molecule is BrC/C=C(/Br)CBr. The summed E-state index contributed by atoms with van der Waals surface area (Å²) >= 11 is 9.86. The third kappa shape index (κ3) is 5.04. The molecule has 3 heteroatoms. The van der Waals surface area contributed by atoms with Crippen LogP contribution in [-0.2, 0) is 0 Å². The molecule has 0 aliphatic carbocycles. The van der Waals surface area contributed by atoms with Gasteiger partial charge >= 0.3 is 0 Å². The smallest absolute Gasteiger partial charge is 0.0346 e. The summed E-state index contributed by atoms with van der Waals surface area (Å²) in [7, 11) is 0. The van der Waals surface area contributed by atoms with Crippen molar-refractivity contribution in [2.45, 2.75) is 0 Å². The summed E-state index contributed by atoms with van der Waals surface area (Å²) in [5, 5.41) is 1.82. The van der Waals surface area contributed by atoms with Crippen LogP contribution in [0.4, 0.5) is 0 Å². The van der Waals surface area contributed by atoms with Crippen molar-refractivity contribution in [2.75, 3.05) is 10.7 Å². The van der Waals surface area contributed by atoms with Crippen molar-refractivity contribution in [3.05, 3.63) is 10.6 Å². The van der Waals surface area contributed by atoms with E-state index in [0.29, 0.717) is 0 Å². The normalized spacial score (nSPS) is 12.1. The van der Waals surface area contributed by atoms with Crippen LogP contribution in [0.1, 0.15) is 0 Å². The van der Waals surface area contributed by atoms with E-state index >= 15 is 0 Å². The molecule has 42 valence electrons. The van der Waals surface area contributed by atoms with Gasteiger partial charge in [-0.15, -0.1) is 0 Å². The molecule has 0 saturated carbocycles. The maximum absolute atomic E-state index is 3.32. The van der Waals surface area contributed by atoms with Crippen LogP contribution in [0, 0.1) is 0 Å². The first-order valence-electron chi connectivity index (χ1n) is 1.77. The van der Waals surface area contributed by atoms with Crippen LogP contribution in [0.25, 0.3) is 0 Å². The molecule has 0 N–H and O–H groups in total. The molecule has 0 aromatic carbocycles. The lowest BCUT2D eigenvalue weighted by Gasteiger charge is -1.83. The molecule has 0 aromatic rings. The van der Waals surface area contributed by atoms with Crippen molar-refractivity contribution < 1.29 is 0 Å². The summed E-state index contributed by atoms with van der Waals surface area (Å²) < 4.78 is 1.18. The Morgan fingerprint density at radius 2 is 2.00 bits per heavy atom. The zero-order valence-electron chi connectivity index (χ0n) is 3.63. The van der Waals surface area contributed by atoms with Gasteiger partial charge in [0.25, 0.3) is 0 Å². The topological polar surface area (TPSA) is 0 Å². The Kier molecular flexibility index (Phi) is 6.22. The molecular formula is C4H5Br3. The van der Waals surface area contributed by atoms with Crippen LogP contribution < -0.4 is 0 Å². The predicted octanol–water partition coefficient (Wildman–Crippen LogP) is 3.06. The lowest BCUT2D eigenvalue weighted by Crippen LogP contribution is -1.69. The fourth-order valence-corrected chi connectivity index (χ4v) is 1.35. The minimum Gasteiger partial charge on any atom is -0.0883 e. The summed E-state index contributed by atoms with van der Waals surface area (Å²) in [6.07, 6.45) is 2.05. The van der Waals surface area contributed by atoms with Gasteiger partial charge in [0.1, 0.15) is 0 Å². The van der Waals surface area contributed by atoms with Crippen LogP contribution in [-0.4, -0.2) is 10.7 Å². The standard InChI is InChI=1S/C4H5Br3/c5-2-1-4(7)3-6/h1H,2-3H2/b4-1+. The second-order valence-corrected chi connectivity index (χ2v) is 3.17. The summed E-state index contributed by atoms with van der Waals surface area (Å²) in [4.78, 5) is 0. The maximum atomic E-state index is 3.32. The van der Waals surface area contributed by atoms with E-state index < -0.39 is 0 Å². The third-order valence-corrected chi connectivity index (χ3v) is 2.71. The molecule has 0 spiro atoms. The highest BCUT2D eigenvalue weighted by atomic mass is 79.9. The van der Waals surface area contributed by atoms with Crippen LogP contribution in [0.2, 0.25) is 0 Å². The van der Waals surface area contributed by atoms with Crippen LogP contribution in [0.3, 0.4) is 0 Å². The highest BCUT2D eigenvalue weighted by Gasteiger charge is 1.81. The zero-order chi connectivity index (χ0) is 5.70. The van der Waals surface area contributed by atoms with E-state index in [4.69, 9.17) is 0 Å². The quantitative estimate of drug-likeness (QED) is 0.686. The van der Waals surface area contributed by atoms with E-state index in [-0.39, 0.29) is 0 Å². The van der Waals surface area contributed by atoms with E-state index in [9.17, 15) is 0 Å². The van der Waals surface area contributed by atoms with Gasteiger partial charge in [0.2, 0.25) is 0 Å². The predicted molar refractivity (Wildman–Crippen MR) is 44.6 cm³/mol. The van der Waals surface area contributed by atoms with Gasteiger partial charge in [-0.1, -0.05) is 53.9 Å². The Balaban J connectivity index is 3.29. The zero-order valence-corrected chi connectivity index (χ0v) is 8.38. The van der Waals surface area contributed by atoms with Crippen molar-refractivity contribution >= 4 is 47.8 Å². The van der Waals surface area contributed by atoms with E-state index in [2.05, 4.69) is 53.9 Å². The van der Waals surface area contributed by atoms with E-state index in [0.717, 1.165) is 10.7 Å². The van der Waals surface area contributed by atoms with Gasteiger partial charge in [-0.3, -0.25) is 0 Å². The number of hydrogen-bond donors (Lipinski definition) is 0. The summed E-state index contributed by atoms with van der Waals surface area (Å²) in [5.74, 6) is 0. The first kappa shape index (κ1) is 8.18. The van der Waals surface area contributed by atoms with Gasteiger partial charge in [-0.05, 0) is 0 Å². The molecule has 0 nitrogen and oxygen atoms in total. The van der Waals surface area contributed by atoms with Crippen LogP contribution >= 0.6 is 47.8 Å². The second-order valence-electron chi connectivity index (χ2n) is 0.939. The van der Waals surface area contributed by atoms with Crippen LogP contribution in [0.15, 0.2) is 10.6 Å². The van der Waals surface area contributed by atoms with Crippen molar-refractivity contribution in [1.82, 2.24) is 0 Å². The molecule has 0 aliphatic heterocycles. The van der Waals surface area contributed by atoms with E-state index in [1.807, 2.05) is 0 Å². The van der Waals surface area contributed by atoms with Gasteiger partial charge in [0.15, 0.2) is 0 Å². The first-order chi connectivity index (χ1) is 3.31. The fraction of sp³-hybridized carbons (Fsp3) is 0.500. The van der Waals surface area contributed by atoms with Crippen molar-refractivity contribution in [3.8, 4) is 0 Å². The fourth-order valence-electron chi connectivity index (χ4n) is 0.138. The lowest BCUT2D eigenvalue weighted by atomic mass is 10.6. The first-order valence-corrected chi connectivity index (χ1v) is 4.81. The van der Waals surface area contributed by atoms with Gasteiger partial charge in [0.05, 0.1) is 0 Å². The molecule has 0 radical (unpaired) electrons. The van der Waals surface area contributed by atoms with Crippen molar-refractivity contribution in [3.63, 3.8) is 0 Å². The lowest BCUT2D eigenvalue weighted by molar-refractivity contribution is 1.67. The number of rotatable bonds is 2. The molecule has 0 saturated heterocycles. The van der Waals surface area contributed by atoms with Gasteiger partial charge in [0, 0.05) is 15.1 Å². The van der Waals surface area contributed by atoms with Crippen LogP contribution in [0.5, 0.6) is 0 Å². The largest absolute Gasteiger partial charge is 0.0883 e. The molecule has 0 unspecified atom stereocenters. The maximum Gasteiger partial charge on any atom is 0.0346 e. The van der Waals surface area contributed by atoms with Gasteiger partial charge in [-0.2, -0.15) is 0 Å². The Labute approximate surface area is 68.7 Å². The third-order valence-electron chi connectivity index (χ3n) is 0.426. The molecule has 0 atom stereocenters.